The molecular weight excluding hydrogens is 414 g/mol. The van der Waals surface area contributed by atoms with Crippen LogP contribution in [-0.2, 0) is 14.3 Å². The number of carbonyl (C=O) groups excluding carboxylic acids is 2. The number of nitrogens with one attached hydrogen (secondary N) is 1. The summed E-state index contributed by atoms with van der Waals surface area (Å²) >= 11 is 6.01. The maximum absolute atomic E-state index is 13.1. The molecule has 2 aliphatic rings. The monoisotopic (exact) mass is 439 g/mol. The van der Waals surface area contributed by atoms with Crippen LogP contribution in [0, 0.1) is 0 Å². The van der Waals surface area contributed by atoms with Gasteiger partial charge in [0.15, 0.2) is 0 Å². The van der Waals surface area contributed by atoms with Crippen molar-refractivity contribution in [1.29, 1.82) is 0 Å². The fourth-order valence-electron chi connectivity index (χ4n) is 4.01. The van der Waals surface area contributed by atoms with E-state index in [1.165, 1.54) is 29.8 Å². The van der Waals surface area contributed by atoms with Gasteiger partial charge in [-0.15, -0.1) is 0 Å². The van der Waals surface area contributed by atoms with Crippen molar-refractivity contribution in [3.8, 4) is 0 Å². The first-order valence-corrected chi connectivity index (χ1v) is 10.9. The molecule has 0 saturated carbocycles. The van der Waals surface area contributed by atoms with Gasteiger partial charge in [-0.3, -0.25) is 14.5 Å². The number of nitrogens with zero attached hydrogens (tertiary/aromatic N) is 2. The van der Waals surface area contributed by atoms with Crippen molar-refractivity contribution >= 4 is 40.4 Å². The lowest BCUT2D eigenvalue weighted by Crippen LogP contribution is -2.35. The van der Waals surface area contributed by atoms with Gasteiger partial charge in [-0.1, -0.05) is 23.7 Å². The van der Waals surface area contributed by atoms with E-state index in [-0.39, 0.29) is 30.7 Å². The number of halogens is 1. The number of rotatable bonds is 7. The van der Waals surface area contributed by atoms with Gasteiger partial charge < -0.3 is 15.0 Å². The third-order valence-corrected chi connectivity index (χ3v) is 5.93. The van der Waals surface area contributed by atoms with Crippen molar-refractivity contribution in [2.24, 2.45) is 0 Å². The summed E-state index contributed by atoms with van der Waals surface area (Å²) in [5.41, 5.74) is 3.20. The Balaban J connectivity index is 1.62. The first-order valence-electron chi connectivity index (χ1n) is 10.6. The average Bonchev–Trinajstić information content (AvgIpc) is 3.03. The summed E-state index contributed by atoms with van der Waals surface area (Å²) in [4.78, 5) is 29.8. The molecule has 1 N–H and O–H groups in total. The van der Waals surface area contributed by atoms with Gasteiger partial charge in [-0.25, -0.2) is 0 Å². The largest absolute Gasteiger partial charge is 0.383 e. The van der Waals surface area contributed by atoms with Crippen LogP contribution >= 0.6 is 11.6 Å². The number of hydrogen-bond acceptors (Lipinski definition) is 5. The van der Waals surface area contributed by atoms with E-state index in [0.717, 1.165) is 18.8 Å². The van der Waals surface area contributed by atoms with Crippen LogP contribution in [0.2, 0.25) is 5.02 Å². The third-order valence-electron chi connectivity index (χ3n) is 5.68. The fourth-order valence-corrected chi connectivity index (χ4v) is 4.14. The molecule has 0 bridgehead atoms. The van der Waals surface area contributed by atoms with Crippen molar-refractivity contribution < 1.29 is 14.3 Å². The molecule has 6 nitrogen and oxygen atoms in total. The van der Waals surface area contributed by atoms with Gasteiger partial charge in [0.05, 0.1) is 18.7 Å². The summed E-state index contributed by atoms with van der Waals surface area (Å²) in [6, 6.07) is 14.9. The van der Waals surface area contributed by atoms with E-state index in [2.05, 4.69) is 22.3 Å². The quantitative estimate of drug-likeness (QED) is 0.656. The van der Waals surface area contributed by atoms with Crippen molar-refractivity contribution in [2.45, 2.75) is 19.3 Å². The first-order chi connectivity index (χ1) is 15.1. The van der Waals surface area contributed by atoms with E-state index in [1.54, 1.807) is 31.4 Å². The van der Waals surface area contributed by atoms with Gasteiger partial charge in [0, 0.05) is 36.6 Å². The van der Waals surface area contributed by atoms with Crippen LogP contribution < -0.4 is 10.2 Å². The average molecular weight is 440 g/mol. The van der Waals surface area contributed by atoms with Gasteiger partial charge in [0.1, 0.15) is 5.70 Å². The van der Waals surface area contributed by atoms with E-state index in [0.29, 0.717) is 16.2 Å². The van der Waals surface area contributed by atoms with Crippen molar-refractivity contribution in [2.75, 3.05) is 43.6 Å². The van der Waals surface area contributed by atoms with Crippen molar-refractivity contribution in [3.63, 3.8) is 0 Å². The number of hydrogen-bond donors (Lipinski definition) is 1. The SMILES string of the molecule is COCCN1C(=O)C(Nc2ccc(N3CCCCC3)cc2)=C(c2ccc(Cl)cc2)C1=O. The zero-order valence-electron chi connectivity index (χ0n) is 17.6. The van der Waals surface area contributed by atoms with Gasteiger partial charge in [-0.05, 0) is 61.2 Å². The number of imide groups is 1. The molecule has 31 heavy (non-hydrogen) atoms. The molecule has 0 aliphatic carbocycles. The number of methoxy groups -OCH3 is 1. The van der Waals surface area contributed by atoms with E-state index in [1.807, 2.05) is 12.1 Å². The Morgan fingerprint density at radius 1 is 0.935 bits per heavy atom. The minimum absolute atomic E-state index is 0.199. The number of anilines is 2. The van der Waals surface area contributed by atoms with E-state index >= 15 is 0 Å². The molecule has 7 heteroatoms. The number of amides is 2. The van der Waals surface area contributed by atoms with Crippen LogP contribution in [0.1, 0.15) is 24.8 Å². The van der Waals surface area contributed by atoms with E-state index in [9.17, 15) is 9.59 Å². The predicted octanol–water partition coefficient (Wildman–Crippen LogP) is 4.17. The second-order valence-electron chi connectivity index (χ2n) is 7.73. The predicted molar refractivity (Wildman–Crippen MR) is 123 cm³/mol. The smallest absolute Gasteiger partial charge is 0.278 e. The lowest BCUT2D eigenvalue weighted by atomic mass is 10.0. The van der Waals surface area contributed by atoms with Crippen LogP contribution in [0.5, 0.6) is 0 Å². The summed E-state index contributed by atoms with van der Waals surface area (Å²) in [7, 11) is 1.54. The van der Waals surface area contributed by atoms with Gasteiger partial charge >= 0.3 is 0 Å². The topological polar surface area (TPSA) is 61.9 Å². The molecule has 162 valence electrons. The van der Waals surface area contributed by atoms with Crippen LogP contribution in [0.3, 0.4) is 0 Å². The van der Waals surface area contributed by atoms with Gasteiger partial charge in [-0.2, -0.15) is 0 Å². The van der Waals surface area contributed by atoms with Crippen LogP contribution in [-0.4, -0.2) is 50.1 Å². The summed E-state index contributed by atoms with van der Waals surface area (Å²) in [6.07, 6.45) is 3.71. The zero-order valence-corrected chi connectivity index (χ0v) is 18.3. The van der Waals surface area contributed by atoms with Crippen molar-refractivity contribution in [3.05, 3.63) is 64.8 Å². The lowest BCUT2D eigenvalue weighted by molar-refractivity contribution is -0.137. The van der Waals surface area contributed by atoms with E-state index < -0.39 is 0 Å². The van der Waals surface area contributed by atoms with Crippen LogP contribution in [0.15, 0.2) is 54.2 Å². The Hall–Kier alpha value is -2.83. The molecule has 1 fully saturated rings. The highest BCUT2D eigenvalue weighted by Gasteiger charge is 2.38. The Labute approximate surface area is 187 Å². The van der Waals surface area contributed by atoms with Gasteiger partial charge in [0.2, 0.25) is 0 Å². The second kappa shape index (κ2) is 9.54. The number of ether oxygens (including phenoxy) is 1. The molecule has 2 aliphatic heterocycles. The summed E-state index contributed by atoms with van der Waals surface area (Å²) in [6.45, 7) is 2.62. The fraction of sp³-hybridized carbons (Fsp3) is 0.333. The minimum atomic E-state index is -0.355. The molecule has 0 unspecified atom stereocenters. The molecule has 0 aromatic heterocycles. The molecule has 1 saturated heterocycles. The maximum Gasteiger partial charge on any atom is 0.278 e. The van der Waals surface area contributed by atoms with Crippen LogP contribution in [0.4, 0.5) is 11.4 Å². The third kappa shape index (κ3) is 4.60. The first kappa shape index (κ1) is 21.4. The normalized spacial score (nSPS) is 17.0. The number of carbonyl (C=O) groups is 2. The minimum Gasteiger partial charge on any atom is -0.383 e. The Morgan fingerprint density at radius 3 is 2.26 bits per heavy atom. The molecule has 2 heterocycles. The molecule has 0 atom stereocenters. The molecule has 0 spiro atoms. The highest BCUT2D eigenvalue weighted by molar-refractivity contribution is 6.36. The molecule has 4 rings (SSSR count). The van der Waals surface area contributed by atoms with E-state index in [4.69, 9.17) is 16.3 Å². The van der Waals surface area contributed by atoms with Crippen molar-refractivity contribution in [1.82, 2.24) is 4.90 Å². The summed E-state index contributed by atoms with van der Waals surface area (Å²) in [5.74, 6) is -0.691. The van der Waals surface area contributed by atoms with Gasteiger partial charge in [0.25, 0.3) is 11.8 Å². The molecule has 2 amide bonds. The molecule has 2 aromatic rings. The maximum atomic E-state index is 13.1. The summed E-state index contributed by atoms with van der Waals surface area (Å²) < 4.78 is 5.07. The highest BCUT2D eigenvalue weighted by atomic mass is 35.5. The lowest BCUT2D eigenvalue weighted by Gasteiger charge is -2.28. The van der Waals surface area contributed by atoms with Crippen LogP contribution in [0.25, 0.3) is 5.57 Å². The molecular formula is C24H26ClN3O3. The number of piperidine rings is 1. The Kier molecular flexibility index (Phi) is 6.59. The second-order valence-corrected chi connectivity index (χ2v) is 8.17. The zero-order chi connectivity index (χ0) is 21.8. The Morgan fingerprint density at radius 2 is 1.61 bits per heavy atom. The summed E-state index contributed by atoms with van der Waals surface area (Å²) in [5, 5.41) is 3.77. The Bertz CT molecular complexity index is 980. The standard InChI is InChI=1S/C24H26ClN3O3/c1-31-16-15-28-23(29)21(17-5-7-18(25)8-6-17)22(24(28)30)26-19-9-11-20(12-10-19)27-13-3-2-4-14-27/h5-12,26H,2-4,13-16H2,1H3. The number of benzene rings is 2. The molecule has 2 aromatic carbocycles. The molecule has 0 radical (unpaired) electrons. The highest BCUT2D eigenvalue weighted by Crippen LogP contribution is 2.31.